The molecule has 0 aliphatic heterocycles. The van der Waals surface area contributed by atoms with Crippen LogP contribution in [-0.2, 0) is 13.6 Å². The van der Waals surface area contributed by atoms with E-state index in [0.29, 0.717) is 12.5 Å². The fraction of sp³-hybridized carbons (Fsp3) is 0.278. The molecule has 0 fully saturated rings. The summed E-state index contributed by atoms with van der Waals surface area (Å²) in [7, 11) is 1.93. The number of aromatic nitrogens is 4. The van der Waals surface area contributed by atoms with Gasteiger partial charge in [0.1, 0.15) is 11.6 Å². The van der Waals surface area contributed by atoms with Crippen molar-refractivity contribution in [2.24, 2.45) is 7.05 Å². The Bertz CT molecular complexity index is 791. The lowest BCUT2D eigenvalue weighted by Crippen LogP contribution is -2.05. The van der Waals surface area contributed by atoms with Gasteiger partial charge >= 0.3 is 0 Å². The zero-order valence-electron chi connectivity index (χ0n) is 13.7. The first-order chi connectivity index (χ1) is 11.1. The predicted octanol–water partition coefficient (Wildman–Crippen LogP) is 3.61. The molecule has 3 rings (SSSR count). The minimum Gasteiger partial charge on any atom is -0.366 e. The summed E-state index contributed by atoms with van der Waals surface area (Å²) in [6.07, 6.45) is 5.72. The van der Waals surface area contributed by atoms with Gasteiger partial charge in [-0.15, -0.1) is 0 Å². The van der Waals surface area contributed by atoms with Crippen LogP contribution in [0.5, 0.6) is 0 Å². The Morgan fingerprint density at radius 1 is 1.17 bits per heavy atom. The van der Waals surface area contributed by atoms with Crippen molar-refractivity contribution < 1.29 is 0 Å². The second-order valence-electron chi connectivity index (χ2n) is 5.87. The third-order valence-electron chi connectivity index (χ3n) is 3.68. The molecule has 0 aliphatic carbocycles. The van der Waals surface area contributed by atoms with E-state index in [2.05, 4.69) is 52.4 Å². The van der Waals surface area contributed by atoms with Crippen molar-refractivity contribution in [2.75, 3.05) is 5.32 Å². The molecule has 0 spiro atoms. The van der Waals surface area contributed by atoms with E-state index < -0.39 is 0 Å². The number of benzene rings is 1. The van der Waals surface area contributed by atoms with Crippen LogP contribution in [0.2, 0.25) is 0 Å². The van der Waals surface area contributed by atoms with Crippen molar-refractivity contribution in [3.8, 4) is 11.1 Å². The van der Waals surface area contributed by atoms with Crippen molar-refractivity contribution in [1.29, 1.82) is 0 Å². The minimum atomic E-state index is 0.319. The molecule has 0 unspecified atom stereocenters. The van der Waals surface area contributed by atoms with Gasteiger partial charge in [0.25, 0.3) is 0 Å². The number of hydrogen-bond donors (Lipinski definition) is 1. The second kappa shape index (κ2) is 6.60. The molecule has 1 aromatic carbocycles. The highest BCUT2D eigenvalue weighted by atomic mass is 15.2. The maximum absolute atomic E-state index is 4.56. The van der Waals surface area contributed by atoms with Gasteiger partial charge in [-0.2, -0.15) is 5.10 Å². The van der Waals surface area contributed by atoms with Crippen molar-refractivity contribution in [3.63, 3.8) is 0 Å². The van der Waals surface area contributed by atoms with Crippen LogP contribution in [0.4, 0.5) is 5.82 Å². The summed E-state index contributed by atoms with van der Waals surface area (Å²) in [4.78, 5) is 8.85. The Morgan fingerprint density at radius 3 is 2.74 bits per heavy atom. The van der Waals surface area contributed by atoms with Crippen LogP contribution < -0.4 is 5.32 Å². The van der Waals surface area contributed by atoms with Gasteiger partial charge in [-0.3, -0.25) is 4.68 Å². The molecule has 2 aromatic heterocycles. The molecule has 0 saturated carbocycles. The largest absolute Gasteiger partial charge is 0.366 e. The van der Waals surface area contributed by atoms with E-state index in [9.17, 15) is 0 Å². The molecular formula is C18H21N5. The third kappa shape index (κ3) is 3.56. The smallest absolute Gasteiger partial charge is 0.133 e. The first kappa shape index (κ1) is 15.2. The maximum atomic E-state index is 4.56. The average molecular weight is 307 g/mol. The lowest BCUT2D eigenvalue weighted by Gasteiger charge is -2.11. The summed E-state index contributed by atoms with van der Waals surface area (Å²) in [6.45, 7) is 4.90. The lowest BCUT2D eigenvalue weighted by molar-refractivity contribution is 0.768. The van der Waals surface area contributed by atoms with E-state index in [1.54, 1.807) is 6.20 Å². The highest BCUT2D eigenvalue weighted by molar-refractivity contribution is 5.66. The van der Waals surface area contributed by atoms with Crippen LogP contribution in [0.3, 0.4) is 0 Å². The molecule has 1 N–H and O–H groups in total. The number of nitrogens with zero attached hydrogens (tertiary/aromatic N) is 4. The van der Waals surface area contributed by atoms with Crippen LogP contribution in [-0.4, -0.2) is 19.7 Å². The van der Waals surface area contributed by atoms with Gasteiger partial charge < -0.3 is 5.32 Å². The summed E-state index contributed by atoms with van der Waals surface area (Å²) < 4.78 is 1.82. The summed E-state index contributed by atoms with van der Waals surface area (Å²) in [5.74, 6) is 2.03. The topological polar surface area (TPSA) is 55.6 Å². The molecule has 0 radical (unpaired) electrons. The van der Waals surface area contributed by atoms with Gasteiger partial charge in [0.2, 0.25) is 0 Å². The molecule has 0 amide bonds. The summed E-state index contributed by atoms with van der Waals surface area (Å²) >= 11 is 0. The summed E-state index contributed by atoms with van der Waals surface area (Å²) in [5.41, 5.74) is 3.52. The normalized spacial score (nSPS) is 11.0. The van der Waals surface area contributed by atoms with Gasteiger partial charge in [0.05, 0.1) is 6.20 Å². The number of nitrogens with one attached hydrogen (secondary N) is 1. The Hall–Kier alpha value is -2.69. The van der Waals surface area contributed by atoms with Crippen LogP contribution >= 0.6 is 0 Å². The lowest BCUT2D eigenvalue weighted by atomic mass is 10.0. The molecule has 0 bridgehead atoms. The third-order valence-corrected chi connectivity index (χ3v) is 3.68. The molecular weight excluding hydrogens is 286 g/mol. The van der Waals surface area contributed by atoms with Crippen molar-refractivity contribution >= 4 is 5.82 Å². The molecule has 118 valence electrons. The fourth-order valence-electron chi connectivity index (χ4n) is 2.45. The van der Waals surface area contributed by atoms with Gasteiger partial charge in [-0.1, -0.05) is 38.1 Å². The van der Waals surface area contributed by atoms with E-state index in [1.807, 2.05) is 36.3 Å². The molecule has 0 aliphatic rings. The molecule has 5 nitrogen and oxygen atoms in total. The van der Waals surface area contributed by atoms with Crippen molar-refractivity contribution in [2.45, 2.75) is 26.3 Å². The van der Waals surface area contributed by atoms with E-state index in [-0.39, 0.29) is 0 Å². The maximum Gasteiger partial charge on any atom is 0.133 e. The van der Waals surface area contributed by atoms with E-state index >= 15 is 0 Å². The van der Waals surface area contributed by atoms with Crippen LogP contribution in [0.1, 0.15) is 31.2 Å². The monoisotopic (exact) mass is 307 g/mol. The van der Waals surface area contributed by atoms with Gasteiger partial charge in [-0.25, -0.2) is 9.97 Å². The van der Waals surface area contributed by atoms with Crippen LogP contribution in [0.15, 0.2) is 48.9 Å². The van der Waals surface area contributed by atoms with E-state index in [4.69, 9.17) is 0 Å². The predicted molar refractivity (Wildman–Crippen MR) is 92.1 cm³/mol. The van der Waals surface area contributed by atoms with Gasteiger partial charge in [-0.05, 0) is 17.2 Å². The Kier molecular flexibility index (Phi) is 4.37. The molecule has 2 heterocycles. The van der Waals surface area contributed by atoms with Gasteiger partial charge in [0, 0.05) is 37.5 Å². The second-order valence-corrected chi connectivity index (χ2v) is 5.87. The number of hydrogen-bond acceptors (Lipinski definition) is 4. The standard InChI is InChI=1S/C18H21N5/c1-13(2)18-19-9-8-17(22-18)20-10-14-6-4-5-7-16(14)15-11-21-23(3)12-15/h4-9,11-13H,10H2,1-3H3,(H,19,20,22). The van der Waals surface area contributed by atoms with Crippen molar-refractivity contribution in [1.82, 2.24) is 19.7 Å². The van der Waals surface area contributed by atoms with Crippen molar-refractivity contribution in [3.05, 3.63) is 60.3 Å². The van der Waals surface area contributed by atoms with Crippen LogP contribution in [0.25, 0.3) is 11.1 Å². The highest BCUT2D eigenvalue weighted by Crippen LogP contribution is 2.23. The molecule has 5 heteroatoms. The SMILES string of the molecule is CC(C)c1nccc(NCc2ccccc2-c2cnn(C)c2)n1. The average Bonchev–Trinajstić information content (AvgIpc) is 3.00. The molecule has 3 aromatic rings. The minimum absolute atomic E-state index is 0.319. The first-order valence-electron chi connectivity index (χ1n) is 7.77. The summed E-state index contributed by atoms with van der Waals surface area (Å²) in [6, 6.07) is 10.2. The number of rotatable bonds is 5. The van der Waals surface area contributed by atoms with Gasteiger partial charge in [0.15, 0.2) is 0 Å². The van der Waals surface area contributed by atoms with E-state index in [1.165, 1.54) is 11.1 Å². The Labute approximate surface area is 136 Å². The Morgan fingerprint density at radius 2 is 2.00 bits per heavy atom. The highest BCUT2D eigenvalue weighted by Gasteiger charge is 2.08. The Balaban J connectivity index is 1.80. The van der Waals surface area contributed by atoms with E-state index in [0.717, 1.165) is 17.2 Å². The fourth-order valence-corrected chi connectivity index (χ4v) is 2.45. The number of anilines is 1. The molecule has 23 heavy (non-hydrogen) atoms. The zero-order valence-corrected chi connectivity index (χ0v) is 13.7. The first-order valence-corrected chi connectivity index (χ1v) is 7.77. The molecule has 0 atom stereocenters. The summed E-state index contributed by atoms with van der Waals surface area (Å²) in [5, 5.41) is 7.65. The molecule has 0 saturated heterocycles. The zero-order chi connectivity index (χ0) is 16.2. The quantitative estimate of drug-likeness (QED) is 0.782. The number of aryl methyl sites for hydroxylation is 1. The van der Waals surface area contributed by atoms with Crippen LogP contribution in [0, 0.1) is 0 Å².